The summed E-state index contributed by atoms with van der Waals surface area (Å²) < 4.78 is 7.33. The molecule has 1 aromatic heterocycles. The topological polar surface area (TPSA) is 69.0 Å². The highest BCUT2D eigenvalue weighted by molar-refractivity contribution is 8.00. The molecule has 5 rings (SSSR count). The van der Waals surface area contributed by atoms with Gasteiger partial charge in [-0.2, -0.15) is 0 Å². The van der Waals surface area contributed by atoms with E-state index in [1.807, 2.05) is 59.2 Å². The van der Waals surface area contributed by atoms with E-state index in [4.69, 9.17) is 4.74 Å². The molecule has 6 nitrogen and oxygen atoms in total. The molecule has 7 heteroatoms. The van der Waals surface area contributed by atoms with Crippen LogP contribution in [-0.4, -0.2) is 33.8 Å². The summed E-state index contributed by atoms with van der Waals surface area (Å²) in [5.74, 6) is 1.49. The van der Waals surface area contributed by atoms with E-state index in [1.165, 1.54) is 17.3 Å². The number of hydrogen-bond donors (Lipinski definition) is 1. The number of nitrogens with one attached hydrogen (secondary N) is 1. The Kier molecular flexibility index (Phi) is 6.36. The van der Waals surface area contributed by atoms with Crippen molar-refractivity contribution >= 4 is 17.7 Å². The third-order valence-electron chi connectivity index (χ3n) is 5.76. The Balaban J connectivity index is 1.57. The molecule has 1 heterocycles. The molecule has 0 aliphatic heterocycles. The number of carbonyl (C=O) groups is 1. The maximum absolute atomic E-state index is 13.2. The molecule has 4 aromatic rings. The molecule has 0 spiro atoms. The number of methoxy groups -OCH3 is 1. The van der Waals surface area contributed by atoms with Crippen LogP contribution in [0.15, 0.2) is 84.0 Å². The Bertz CT molecular complexity index is 1270. The number of ether oxygens (including phenoxy) is 1. The molecule has 0 bridgehead atoms. The molecule has 3 aromatic carbocycles. The van der Waals surface area contributed by atoms with Crippen LogP contribution in [0, 0.1) is 6.92 Å². The third kappa shape index (κ3) is 4.84. The van der Waals surface area contributed by atoms with E-state index in [0.29, 0.717) is 11.0 Å². The van der Waals surface area contributed by atoms with E-state index in [1.54, 1.807) is 7.11 Å². The summed E-state index contributed by atoms with van der Waals surface area (Å²) in [6, 6.07) is 26.1. The molecule has 1 N–H and O–H groups in total. The maximum Gasteiger partial charge on any atom is 0.238 e. The fourth-order valence-corrected chi connectivity index (χ4v) is 4.78. The van der Waals surface area contributed by atoms with Crippen molar-refractivity contribution in [3.63, 3.8) is 0 Å². The summed E-state index contributed by atoms with van der Waals surface area (Å²) in [6.07, 6.45) is 2.08. The molecule has 1 aliphatic rings. The first-order chi connectivity index (χ1) is 16.6. The van der Waals surface area contributed by atoms with Crippen LogP contribution >= 0.6 is 11.8 Å². The van der Waals surface area contributed by atoms with Gasteiger partial charge >= 0.3 is 0 Å². The van der Waals surface area contributed by atoms with Gasteiger partial charge in [0, 0.05) is 17.3 Å². The highest BCUT2D eigenvalue weighted by Crippen LogP contribution is 2.38. The van der Waals surface area contributed by atoms with E-state index < -0.39 is 5.25 Å². The highest BCUT2D eigenvalue weighted by atomic mass is 32.2. The first kappa shape index (κ1) is 22.2. The molecule has 1 aliphatic carbocycles. The lowest BCUT2D eigenvalue weighted by molar-refractivity contribution is -0.120. The van der Waals surface area contributed by atoms with Gasteiger partial charge in [-0.05, 0) is 61.7 Å². The summed E-state index contributed by atoms with van der Waals surface area (Å²) >= 11 is 1.42. The number of thioether (sulfide) groups is 1. The quantitative estimate of drug-likeness (QED) is 0.351. The van der Waals surface area contributed by atoms with Crippen molar-refractivity contribution in [2.75, 3.05) is 7.11 Å². The number of nitrogens with zero attached hydrogens (tertiary/aromatic N) is 3. The second-order valence-electron chi connectivity index (χ2n) is 8.40. The van der Waals surface area contributed by atoms with E-state index >= 15 is 0 Å². The van der Waals surface area contributed by atoms with Gasteiger partial charge in [-0.3, -0.25) is 9.36 Å². The number of hydrogen-bond acceptors (Lipinski definition) is 5. The largest absolute Gasteiger partial charge is 0.497 e. The normalized spacial score (nSPS) is 13.9. The van der Waals surface area contributed by atoms with Gasteiger partial charge in [0.15, 0.2) is 11.0 Å². The highest BCUT2D eigenvalue weighted by Gasteiger charge is 2.31. The monoisotopic (exact) mass is 470 g/mol. The Morgan fingerprint density at radius 3 is 2.35 bits per heavy atom. The second kappa shape index (κ2) is 9.73. The molecular formula is C27H26N4O2S. The fourth-order valence-electron chi connectivity index (χ4n) is 3.71. The zero-order valence-electron chi connectivity index (χ0n) is 19.1. The zero-order valence-corrected chi connectivity index (χ0v) is 20.0. The predicted octanol–water partition coefficient (Wildman–Crippen LogP) is 5.36. The number of benzene rings is 3. The first-order valence-electron chi connectivity index (χ1n) is 11.3. The second-order valence-corrected chi connectivity index (χ2v) is 9.47. The lowest BCUT2D eigenvalue weighted by atomic mass is 10.1. The van der Waals surface area contributed by atoms with E-state index in [2.05, 4.69) is 46.7 Å². The number of aromatic nitrogens is 3. The van der Waals surface area contributed by atoms with Gasteiger partial charge in [0.2, 0.25) is 5.91 Å². The molecule has 34 heavy (non-hydrogen) atoms. The Hall–Kier alpha value is -3.58. The van der Waals surface area contributed by atoms with Gasteiger partial charge in [0.1, 0.15) is 11.0 Å². The van der Waals surface area contributed by atoms with Crippen LogP contribution in [0.4, 0.5) is 0 Å². The van der Waals surface area contributed by atoms with E-state index in [9.17, 15) is 4.79 Å². The summed E-state index contributed by atoms with van der Waals surface area (Å²) in [4.78, 5) is 13.2. The molecule has 172 valence electrons. The average Bonchev–Trinajstić information content (AvgIpc) is 3.59. The fraction of sp³-hybridized carbons (Fsp3) is 0.222. The molecule has 1 atom stereocenters. The number of carbonyl (C=O) groups excluding carboxylic acids is 1. The minimum absolute atomic E-state index is 0.00292. The van der Waals surface area contributed by atoms with Crippen LogP contribution in [0.2, 0.25) is 0 Å². The number of aryl methyl sites for hydroxylation is 1. The number of rotatable bonds is 8. The zero-order chi connectivity index (χ0) is 23.5. The van der Waals surface area contributed by atoms with Crippen molar-refractivity contribution in [2.24, 2.45) is 0 Å². The SMILES string of the molecule is COc1ccc(-c2nnc(SC(C(=O)NC3CC3)c3ccccc3)n2-c2ccc(C)cc2)cc1. The molecule has 1 amide bonds. The van der Waals surface area contributed by atoms with Crippen LogP contribution in [-0.2, 0) is 4.79 Å². The van der Waals surface area contributed by atoms with Crippen molar-refractivity contribution < 1.29 is 9.53 Å². The van der Waals surface area contributed by atoms with Gasteiger partial charge < -0.3 is 10.1 Å². The van der Waals surface area contributed by atoms with Gasteiger partial charge in [-0.1, -0.05) is 59.8 Å². The van der Waals surface area contributed by atoms with Gasteiger partial charge in [0.05, 0.1) is 7.11 Å². The number of amides is 1. The minimum atomic E-state index is -0.432. The maximum atomic E-state index is 13.2. The van der Waals surface area contributed by atoms with Crippen LogP contribution < -0.4 is 10.1 Å². The van der Waals surface area contributed by atoms with E-state index in [0.717, 1.165) is 35.4 Å². The standard InChI is InChI=1S/C27H26N4O2S/c1-18-8-14-22(15-9-18)31-25(20-10-16-23(33-2)17-11-20)29-30-27(31)34-24(19-6-4-3-5-7-19)26(32)28-21-12-13-21/h3-11,14-17,21,24H,12-13H2,1-2H3,(H,28,32). The van der Waals surface area contributed by atoms with Crippen LogP contribution in [0.1, 0.15) is 29.2 Å². The lowest BCUT2D eigenvalue weighted by Gasteiger charge is -2.18. The third-order valence-corrected chi connectivity index (χ3v) is 6.96. The van der Waals surface area contributed by atoms with Crippen LogP contribution in [0.5, 0.6) is 5.75 Å². The van der Waals surface area contributed by atoms with Crippen LogP contribution in [0.25, 0.3) is 17.1 Å². The predicted molar refractivity (Wildman–Crippen MR) is 134 cm³/mol. The summed E-state index contributed by atoms with van der Waals surface area (Å²) in [6.45, 7) is 2.06. The van der Waals surface area contributed by atoms with Gasteiger partial charge in [-0.15, -0.1) is 10.2 Å². The molecule has 0 radical (unpaired) electrons. The molecule has 1 unspecified atom stereocenters. The lowest BCUT2D eigenvalue weighted by Crippen LogP contribution is -2.29. The van der Waals surface area contributed by atoms with Crippen molar-refractivity contribution in [3.8, 4) is 22.8 Å². The summed E-state index contributed by atoms with van der Waals surface area (Å²) in [5.41, 5.74) is 3.97. The average molecular weight is 471 g/mol. The Morgan fingerprint density at radius 1 is 1.00 bits per heavy atom. The molecular weight excluding hydrogens is 444 g/mol. The Labute approximate surface area is 203 Å². The first-order valence-corrected chi connectivity index (χ1v) is 12.2. The van der Waals surface area contributed by atoms with Crippen molar-refractivity contribution in [2.45, 2.75) is 36.2 Å². The smallest absolute Gasteiger partial charge is 0.238 e. The molecule has 1 saturated carbocycles. The Morgan fingerprint density at radius 2 is 1.71 bits per heavy atom. The molecule has 1 fully saturated rings. The summed E-state index contributed by atoms with van der Waals surface area (Å²) in [5, 5.41) is 12.5. The molecule has 0 saturated heterocycles. The van der Waals surface area contributed by atoms with Crippen LogP contribution in [0.3, 0.4) is 0 Å². The minimum Gasteiger partial charge on any atom is -0.497 e. The van der Waals surface area contributed by atoms with Crippen molar-refractivity contribution in [3.05, 3.63) is 90.0 Å². The van der Waals surface area contributed by atoms with E-state index in [-0.39, 0.29) is 11.9 Å². The summed E-state index contributed by atoms with van der Waals surface area (Å²) in [7, 11) is 1.65. The van der Waals surface area contributed by atoms with Crippen molar-refractivity contribution in [1.82, 2.24) is 20.1 Å². The van der Waals surface area contributed by atoms with Gasteiger partial charge in [-0.25, -0.2) is 0 Å². The van der Waals surface area contributed by atoms with Gasteiger partial charge in [0.25, 0.3) is 0 Å². The van der Waals surface area contributed by atoms with Crippen molar-refractivity contribution in [1.29, 1.82) is 0 Å².